The van der Waals surface area contributed by atoms with Gasteiger partial charge in [0, 0.05) is 11.9 Å². The van der Waals surface area contributed by atoms with Gasteiger partial charge in [0.2, 0.25) is 0 Å². The highest BCUT2D eigenvalue weighted by Gasteiger charge is 2.11. The summed E-state index contributed by atoms with van der Waals surface area (Å²) in [6, 6.07) is 8.78. The van der Waals surface area contributed by atoms with Crippen LogP contribution in [0.2, 0.25) is 0 Å². The second-order valence-corrected chi connectivity index (χ2v) is 4.11. The first-order valence-electron chi connectivity index (χ1n) is 5.65. The van der Waals surface area contributed by atoms with Gasteiger partial charge in [-0.2, -0.15) is 0 Å². The third kappa shape index (κ3) is 2.32. The molecule has 1 heterocycles. The average Bonchev–Trinajstić information content (AvgIpc) is 2.35. The Hall–Kier alpha value is -2.36. The monoisotopic (exact) mass is 242 g/mol. The Labute approximate surface area is 105 Å². The maximum atomic E-state index is 12.0. The summed E-state index contributed by atoms with van der Waals surface area (Å²) in [6.45, 7) is 3.90. The van der Waals surface area contributed by atoms with Crippen LogP contribution in [-0.2, 0) is 0 Å². The molecule has 4 heteroatoms. The molecule has 2 rings (SSSR count). The Morgan fingerprint density at radius 1 is 1.17 bits per heavy atom. The van der Waals surface area contributed by atoms with E-state index in [9.17, 15) is 9.59 Å². The van der Waals surface area contributed by atoms with Crippen molar-refractivity contribution in [3.63, 3.8) is 0 Å². The predicted molar refractivity (Wildman–Crippen MR) is 70.9 cm³/mol. The Kier molecular flexibility index (Phi) is 3.28. The van der Waals surface area contributed by atoms with Crippen LogP contribution in [0.4, 0.5) is 5.69 Å². The van der Waals surface area contributed by atoms with Gasteiger partial charge in [-0.25, -0.2) is 0 Å². The van der Waals surface area contributed by atoms with Gasteiger partial charge in [0.25, 0.3) is 11.5 Å². The number of amides is 1. The quantitative estimate of drug-likeness (QED) is 0.848. The minimum Gasteiger partial charge on any atom is -0.328 e. The second-order valence-electron chi connectivity index (χ2n) is 4.11. The summed E-state index contributed by atoms with van der Waals surface area (Å²) in [5.41, 5.74) is 2.54. The van der Waals surface area contributed by atoms with Gasteiger partial charge in [-0.05, 0) is 43.2 Å². The van der Waals surface area contributed by atoms with Gasteiger partial charge in [0.15, 0.2) is 0 Å². The fourth-order valence-electron chi connectivity index (χ4n) is 1.68. The molecule has 4 nitrogen and oxygen atoms in total. The molecule has 1 amide bonds. The highest BCUT2D eigenvalue weighted by molar-refractivity contribution is 6.04. The normalized spacial score (nSPS) is 10.1. The minimum atomic E-state index is -0.398. The van der Waals surface area contributed by atoms with Crippen LogP contribution in [0.25, 0.3) is 0 Å². The lowest BCUT2D eigenvalue weighted by Crippen LogP contribution is -2.22. The molecule has 0 aliphatic heterocycles. The number of H-pyrrole nitrogens is 1. The molecule has 0 saturated carbocycles. The topological polar surface area (TPSA) is 62.0 Å². The highest BCUT2D eigenvalue weighted by atomic mass is 16.2. The van der Waals surface area contributed by atoms with Crippen molar-refractivity contribution in [2.75, 3.05) is 5.32 Å². The van der Waals surface area contributed by atoms with Crippen molar-refractivity contribution < 1.29 is 4.79 Å². The number of hydrogen-bond acceptors (Lipinski definition) is 2. The van der Waals surface area contributed by atoms with E-state index < -0.39 is 5.91 Å². The molecule has 0 spiro atoms. The summed E-state index contributed by atoms with van der Waals surface area (Å²) < 4.78 is 0. The molecule has 0 fully saturated rings. The second kappa shape index (κ2) is 4.87. The molecule has 2 aromatic rings. The fraction of sp³-hybridized carbons (Fsp3) is 0.143. The van der Waals surface area contributed by atoms with E-state index in [4.69, 9.17) is 0 Å². The van der Waals surface area contributed by atoms with Crippen LogP contribution in [0.5, 0.6) is 0 Å². The smallest absolute Gasteiger partial charge is 0.261 e. The molecular weight excluding hydrogens is 228 g/mol. The van der Waals surface area contributed by atoms with Crippen molar-refractivity contribution in [2.24, 2.45) is 0 Å². The average molecular weight is 242 g/mol. The molecule has 1 aromatic heterocycles. The van der Waals surface area contributed by atoms with Crippen LogP contribution in [0, 0.1) is 13.8 Å². The van der Waals surface area contributed by atoms with Crippen molar-refractivity contribution in [2.45, 2.75) is 13.8 Å². The lowest BCUT2D eigenvalue weighted by molar-refractivity contribution is 0.102. The fourth-order valence-corrected chi connectivity index (χ4v) is 1.68. The lowest BCUT2D eigenvalue weighted by Gasteiger charge is -2.09. The minimum absolute atomic E-state index is 0.110. The van der Waals surface area contributed by atoms with E-state index in [1.54, 1.807) is 6.07 Å². The molecule has 0 unspecified atom stereocenters. The van der Waals surface area contributed by atoms with E-state index in [2.05, 4.69) is 10.3 Å². The Morgan fingerprint density at radius 3 is 2.67 bits per heavy atom. The standard InChI is InChI=1S/C14H14N2O2/c1-9-5-3-7-12(10(9)2)16-14(18)11-6-4-8-15-13(11)17/h3-8H,1-2H3,(H,15,17)(H,16,18). The number of carbonyl (C=O) groups excluding carboxylic acids is 1. The Balaban J connectivity index is 2.30. The van der Waals surface area contributed by atoms with Gasteiger partial charge < -0.3 is 10.3 Å². The van der Waals surface area contributed by atoms with Crippen LogP contribution in [0.3, 0.4) is 0 Å². The van der Waals surface area contributed by atoms with E-state index in [0.29, 0.717) is 0 Å². The zero-order valence-electron chi connectivity index (χ0n) is 10.3. The molecule has 0 radical (unpaired) electrons. The van der Waals surface area contributed by atoms with E-state index in [0.717, 1.165) is 16.8 Å². The zero-order valence-corrected chi connectivity index (χ0v) is 10.3. The summed E-state index contributed by atoms with van der Waals surface area (Å²) in [6.07, 6.45) is 1.50. The summed E-state index contributed by atoms with van der Waals surface area (Å²) in [5.74, 6) is -0.398. The first-order chi connectivity index (χ1) is 8.59. The van der Waals surface area contributed by atoms with Crippen LogP contribution in [0.15, 0.2) is 41.3 Å². The number of hydrogen-bond donors (Lipinski definition) is 2. The molecule has 0 saturated heterocycles. The number of aromatic nitrogens is 1. The SMILES string of the molecule is Cc1cccc(NC(=O)c2ccc[nH]c2=O)c1C. The van der Waals surface area contributed by atoms with Gasteiger partial charge in [-0.3, -0.25) is 9.59 Å². The van der Waals surface area contributed by atoms with Gasteiger partial charge >= 0.3 is 0 Å². The maximum absolute atomic E-state index is 12.0. The van der Waals surface area contributed by atoms with Gasteiger partial charge in [-0.15, -0.1) is 0 Å². The third-order valence-corrected chi connectivity index (χ3v) is 2.92. The van der Waals surface area contributed by atoms with Crippen LogP contribution in [-0.4, -0.2) is 10.9 Å². The molecule has 0 aliphatic rings. The van der Waals surface area contributed by atoms with Crippen LogP contribution in [0.1, 0.15) is 21.5 Å². The van der Waals surface area contributed by atoms with Crippen molar-refractivity contribution in [3.05, 3.63) is 63.6 Å². The van der Waals surface area contributed by atoms with Crippen molar-refractivity contribution >= 4 is 11.6 Å². The predicted octanol–water partition coefficient (Wildman–Crippen LogP) is 2.24. The number of benzene rings is 1. The van der Waals surface area contributed by atoms with Gasteiger partial charge in [0.05, 0.1) is 0 Å². The molecule has 0 bridgehead atoms. The van der Waals surface area contributed by atoms with Crippen LogP contribution >= 0.6 is 0 Å². The number of nitrogens with one attached hydrogen (secondary N) is 2. The summed E-state index contributed by atoms with van der Waals surface area (Å²) in [7, 11) is 0. The largest absolute Gasteiger partial charge is 0.328 e. The van der Waals surface area contributed by atoms with E-state index in [1.165, 1.54) is 12.3 Å². The first-order valence-corrected chi connectivity index (χ1v) is 5.65. The molecule has 1 aromatic carbocycles. The molecular formula is C14H14N2O2. The lowest BCUT2D eigenvalue weighted by atomic mass is 10.1. The summed E-state index contributed by atoms with van der Waals surface area (Å²) in [4.78, 5) is 25.9. The van der Waals surface area contributed by atoms with Crippen molar-refractivity contribution in [3.8, 4) is 0 Å². The number of rotatable bonds is 2. The molecule has 0 aliphatic carbocycles. The van der Waals surface area contributed by atoms with E-state index in [-0.39, 0.29) is 11.1 Å². The Bertz CT molecular complexity index is 644. The molecule has 18 heavy (non-hydrogen) atoms. The number of pyridine rings is 1. The number of aromatic amines is 1. The summed E-state index contributed by atoms with van der Waals surface area (Å²) >= 11 is 0. The maximum Gasteiger partial charge on any atom is 0.261 e. The number of anilines is 1. The van der Waals surface area contributed by atoms with Gasteiger partial charge in [0.1, 0.15) is 5.56 Å². The Morgan fingerprint density at radius 2 is 1.94 bits per heavy atom. The van der Waals surface area contributed by atoms with Crippen LogP contribution < -0.4 is 10.9 Å². The van der Waals surface area contributed by atoms with Crippen molar-refractivity contribution in [1.29, 1.82) is 0 Å². The summed E-state index contributed by atoms with van der Waals surface area (Å²) in [5, 5.41) is 2.75. The highest BCUT2D eigenvalue weighted by Crippen LogP contribution is 2.18. The third-order valence-electron chi connectivity index (χ3n) is 2.92. The van der Waals surface area contributed by atoms with E-state index >= 15 is 0 Å². The van der Waals surface area contributed by atoms with E-state index in [1.807, 2.05) is 32.0 Å². The molecule has 2 N–H and O–H groups in total. The number of carbonyl (C=O) groups is 1. The molecule has 92 valence electrons. The first kappa shape index (κ1) is 12.1. The molecule has 0 atom stereocenters. The zero-order chi connectivity index (χ0) is 13.1. The van der Waals surface area contributed by atoms with Crippen molar-refractivity contribution in [1.82, 2.24) is 4.98 Å². The number of aryl methyl sites for hydroxylation is 1. The van der Waals surface area contributed by atoms with Gasteiger partial charge in [-0.1, -0.05) is 12.1 Å².